The van der Waals surface area contributed by atoms with E-state index < -0.39 is 0 Å². The summed E-state index contributed by atoms with van der Waals surface area (Å²) in [5, 5.41) is 0. The monoisotopic (exact) mass is 367 g/mol. The van der Waals surface area contributed by atoms with E-state index in [1.165, 1.54) is 11.1 Å². The average Bonchev–Trinajstić information content (AvgIpc) is 2.46. The van der Waals surface area contributed by atoms with Crippen LogP contribution in [0.4, 0.5) is 5.69 Å². The van der Waals surface area contributed by atoms with Crippen molar-refractivity contribution in [3.63, 3.8) is 0 Å². The molecule has 1 aromatic carbocycles. The predicted octanol–water partition coefficient (Wildman–Crippen LogP) is 5.01. The summed E-state index contributed by atoms with van der Waals surface area (Å²) in [5.74, 6) is 0. The fourth-order valence-corrected chi connectivity index (χ4v) is 2.41. The molecule has 0 saturated carbocycles. The number of aliphatic imine (C=N–C) groups is 1. The first-order valence-corrected chi connectivity index (χ1v) is 8.10. The van der Waals surface area contributed by atoms with Gasteiger partial charge >= 0.3 is 0 Å². The van der Waals surface area contributed by atoms with E-state index >= 15 is 0 Å². The maximum Gasteiger partial charge on any atom is 0.0666 e. The molecule has 132 valence electrons. The van der Waals surface area contributed by atoms with Gasteiger partial charge in [0.25, 0.3) is 0 Å². The Hall–Kier alpha value is -1.54. The topological polar surface area (TPSA) is 38.1 Å². The number of benzene rings is 1. The smallest absolute Gasteiger partial charge is 0.0666 e. The molecule has 2 aromatic rings. The van der Waals surface area contributed by atoms with Gasteiger partial charge in [0.05, 0.1) is 11.4 Å². The molecule has 0 unspecified atom stereocenters. The molecule has 0 spiro atoms. The summed E-state index contributed by atoms with van der Waals surface area (Å²) in [4.78, 5) is 13.1. The van der Waals surface area contributed by atoms with Crippen LogP contribution in [0, 0.1) is 0 Å². The van der Waals surface area contributed by atoms with Crippen LogP contribution in [0.3, 0.4) is 0 Å². The van der Waals surface area contributed by atoms with Crippen molar-refractivity contribution in [1.29, 1.82) is 0 Å². The van der Waals surface area contributed by atoms with E-state index in [0.29, 0.717) is 6.42 Å². The van der Waals surface area contributed by atoms with Crippen LogP contribution in [-0.2, 0) is 33.7 Å². The first-order chi connectivity index (χ1) is 10.7. The molecule has 2 rings (SSSR count). The number of hydrogen-bond donors (Lipinski definition) is 0. The van der Waals surface area contributed by atoms with Crippen molar-refractivity contribution in [3.8, 4) is 0 Å². The Balaban J connectivity index is 0.00000288. The second kappa shape index (κ2) is 8.03. The molecule has 0 aliphatic heterocycles. The van der Waals surface area contributed by atoms with Crippen molar-refractivity contribution in [2.45, 2.75) is 58.8 Å². The van der Waals surface area contributed by atoms with E-state index in [-0.39, 0.29) is 27.3 Å². The van der Waals surface area contributed by atoms with Gasteiger partial charge in [-0.1, -0.05) is 53.7 Å². The van der Waals surface area contributed by atoms with E-state index in [4.69, 9.17) is 4.99 Å². The van der Waals surface area contributed by atoms with E-state index in [2.05, 4.69) is 69.7 Å². The maximum absolute atomic E-state index is 4.75. The summed E-state index contributed by atoms with van der Waals surface area (Å²) >= 11 is 0. The van der Waals surface area contributed by atoms with Gasteiger partial charge in [-0.2, -0.15) is 0 Å². The van der Waals surface area contributed by atoms with Gasteiger partial charge in [0.2, 0.25) is 0 Å². The van der Waals surface area contributed by atoms with Crippen molar-refractivity contribution in [2.24, 2.45) is 4.99 Å². The third-order valence-electron chi connectivity index (χ3n) is 3.82. The van der Waals surface area contributed by atoms with Gasteiger partial charge in [-0.15, -0.1) is 0 Å². The Morgan fingerprint density at radius 2 is 1.71 bits per heavy atom. The summed E-state index contributed by atoms with van der Waals surface area (Å²) in [6.07, 6.45) is 7.80. The quantitative estimate of drug-likeness (QED) is 0.564. The standard InChI is InChI=1S/C20H27N3.Ni/c1-19(2,3)15-7-8-17(20(4,5)6)18(13-15)23-10-9-16-14-21-11-12-22-16;/h7-8,10-14H,9H2,1-6H3;. The Labute approximate surface area is 156 Å². The summed E-state index contributed by atoms with van der Waals surface area (Å²) in [6, 6.07) is 6.66. The molecule has 0 saturated heterocycles. The van der Waals surface area contributed by atoms with Crippen molar-refractivity contribution < 1.29 is 16.5 Å². The Kier molecular flexibility index (Phi) is 6.86. The van der Waals surface area contributed by atoms with Crippen LogP contribution in [0.2, 0.25) is 0 Å². The molecule has 0 amide bonds. The van der Waals surface area contributed by atoms with Crippen molar-refractivity contribution in [1.82, 2.24) is 9.97 Å². The molecule has 0 fully saturated rings. The second-order valence-electron chi connectivity index (χ2n) is 7.94. The van der Waals surface area contributed by atoms with Crippen LogP contribution in [0.15, 0.2) is 41.8 Å². The van der Waals surface area contributed by atoms with Gasteiger partial charge in [0.15, 0.2) is 0 Å². The fraction of sp³-hybridized carbons (Fsp3) is 0.450. The zero-order chi connectivity index (χ0) is 17.1. The van der Waals surface area contributed by atoms with E-state index in [9.17, 15) is 0 Å². The summed E-state index contributed by atoms with van der Waals surface area (Å²) < 4.78 is 0. The van der Waals surface area contributed by atoms with E-state index in [0.717, 1.165) is 11.4 Å². The Morgan fingerprint density at radius 3 is 2.25 bits per heavy atom. The average molecular weight is 368 g/mol. The van der Waals surface area contributed by atoms with Crippen molar-refractivity contribution >= 4 is 11.9 Å². The van der Waals surface area contributed by atoms with Gasteiger partial charge in [-0.25, -0.2) is 0 Å². The largest absolute Gasteiger partial charge is 0.261 e. The Bertz CT molecular complexity index is 680. The SMILES string of the molecule is CC(C)(C)c1ccc(C(C)(C)C)c(N=CCc2cnccn2)c1.[Ni]. The van der Waals surface area contributed by atoms with Crippen LogP contribution in [-0.4, -0.2) is 16.2 Å². The second-order valence-corrected chi connectivity index (χ2v) is 7.94. The molecule has 1 heterocycles. The van der Waals surface area contributed by atoms with Gasteiger partial charge in [0, 0.05) is 47.7 Å². The number of nitrogens with zero attached hydrogens (tertiary/aromatic N) is 3. The molecule has 3 nitrogen and oxygen atoms in total. The van der Waals surface area contributed by atoms with Crippen LogP contribution < -0.4 is 0 Å². The van der Waals surface area contributed by atoms with Gasteiger partial charge in [-0.3, -0.25) is 15.0 Å². The van der Waals surface area contributed by atoms with E-state index in [1.54, 1.807) is 18.6 Å². The molecule has 0 bridgehead atoms. The predicted molar refractivity (Wildman–Crippen MR) is 97.7 cm³/mol. The molecular weight excluding hydrogens is 341 g/mol. The van der Waals surface area contributed by atoms with Crippen LogP contribution in [0.25, 0.3) is 0 Å². The molecule has 0 N–H and O–H groups in total. The number of hydrogen-bond acceptors (Lipinski definition) is 3. The van der Waals surface area contributed by atoms with Gasteiger partial charge in [0.1, 0.15) is 0 Å². The normalized spacial score (nSPS) is 12.2. The fourth-order valence-electron chi connectivity index (χ4n) is 2.41. The molecule has 24 heavy (non-hydrogen) atoms. The molecule has 4 heteroatoms. The van der Waals surface area contributed by atoms with Crippen LogP contribution >= 0.6 is 0 Å². The number of aromatic nitrogens is 2. The van der Waals surface area contributed by atoms with Gasteiger partial charge in [-0.05, 0) is 28.0 Å². The minimum absolute atomic E-state index is 0. The van der Waals surface area contributed by atoms with Gasteiger partial charge < -0.3 is 0 Å². The molecule has 0 aliphatic rings. The molecule has 0 aliphatic carbocycles. The summed E-state index contributed by atoms with van der Waals surface area (Å²) in [6.45, 7) is 13.4. The van der Waals surface area contributed by atoms with Crippen LogP contribution in [0.1, 0.15) is 58.4 Å². The molecular formula is C20H27N3Ni. The third-order valence-corrected chi connectivity index (χ3v) is 3.82. The summed E-state index contributed by atoms with van der Waals surface area (Å²) in [5.41, 5.74) is 4.73. The zero-order valence-corrected chi connectivity index (χ0v) is 16.4. The van der Waals surface area contributed by atoms with E-state index in [1.807, 2.05) is 6.21 Å². The van der Waals surface area contributed by atoms with Crippen molar-refractivity contribution in [2.75, 3.05) is 0 Å². The summed E-state index contributed by atoms with van der Waals surface area (Å²) in [7, 11) is 0. The zero-order valence-electron chi connectivity index (χ0n) is 15.4. The minimum atomic E-state index is 0. The Morgan fingerprint density at radius 1 is 1.00 bits per heavy atom. The number of rotatable bonds is 3. The first kappa shape index (κ1) is 20.5. The van der Waals surface area contributed by atoms with Crippen molar-refractivity contribution in [3.05, 3.63) is 53.6 Å². The first-order valence-electron chi connectivity index (χ1n) is 8.10. The van der Waals surface area contributed by atoms with Crippen LogP contribution in [0.5, 0.6) is 0 Å². The molecule has 1 aromatic heterocycles. The molecule has 0 radical (unpaired) electrons. The maximum atomic E-state index is 4.75. The third kappa shape index (κ3) is 5.52. The molecule has 0 atom stereocenters. The minimum Gasteiger partial charge on any atom is -0.261 e.